The largest absolute Gasteiger partial charge is 0.276 e. The van der Waals surface area contributed by atoms with E-state index in [0.29, 0.717) is 11.4 Å². The van der Waals surface area contributed by atoms with Gasteiger partial charge in [0.1, 0.15) is 5.37 Å². The maximum absolute atomic E-state index is 12.6. The first-order valence-electron chi connectivity index (χ1n) is 6.69. The lowest BCUT2D eigenvalue weighted by atomic mass is 10.2. The number of rotatable bonds is 4. The molecule has 0 amide bonds. The van der Waals surface area contributed by atoms with Crippen LogP contribution in [0.15, 0.2) is 65.6 Å². The third kappa shape index (κ3) is 2.37. The second-order valence-electron chi connectivity index (χ2n) is 5.15. The number of sulfone groups is 1. The Hall–Kier alpha value is -1.65. The van der Waals surface area contributed by atoms with Crippen molar-refractivity contribution < 1.29 is 8.42 Å². The average molecular weight is 287 g/mol. The zero-order valence-corrected chi connectivity index (χ0v) is 12.1. The smallest absolute Gasteiger partial charge is 0.196 e. The Morgan fingerprint density at radius 3 is 2.10 bits per heavy atom. The summed E-state index contributed by atoms with van der Waals surface area (Å²) >= 11 is 0. The van der Waals surface area contributed by atoms with E-state index in [9.17, 15) is 8.42 Å². The molecule has 3 rings (SSSR count). The molecule has 3 unspecified atom stereocenters. The van der Waals surface area contributed by atoms with Crippen LogP contribution in [-0.4, -0.2) is 24.7 Å². The highest BCUT2D eigenvalue weighted by molar-refractivity contribution is 7.92. The van der Waals surface area contributed by atoms with Crippen molar-refractivity contribution in [3.63, 3.8) is 0 Å². The summed E-state index contributed by atoms with van der Waals surface area (Å²) in [6, 6.07) is 18.7. The molecule has 1 saturated heterocycles. The lowest BCUT2D eigenvalue weighted by Gasteiger charge is -2.05. The van der Waals surface area contributed by atoms with Gasteiger partial charge in [0.2, 0.25) is 0 Å². The molecule has 1 aliphatic heterocycles. The van der Waals surface area contributed by atoms with Crippen LogP contribution in [0.1, 0.15) is 12.5 Å². The molecule has 0 N–H and O–H groups in total. The van der Waals surface area contributed by atoms with Gasteiger partial charge >= 0.3 is 0 Å². The SMILES string of the molecule is CC1C(S(=O)(=O)c2ccccc2)N1Cc1ccccc1. The molecular formula is C16H17NO2S. The van der Waals surface area contributed by atoms with Gasteiger partial charge in [-0.15, -0.1) is 0 Å². The van der Waals surface area contributed by atoms with E-state index in [1.54, 1.807) is 24.3 Å². The second kappa shape index (κ2) is 5.04. The Bertz CT molecular complexity index is 683. The van der Waals surface area contributed by atoms with Crippen molar-refractivity contribution in [2.24, 2.45) is 0 Å². The number of hydrogen-bond donors (Lipinski definition) is 0. The maximum Gasteiger partial charge on any atom is 0.196 e. The number of hydrogen-bond acceptors (Lipinski definition) is 3. The van der Waals surface area contributed by atoms with E-state index < -0.39 is 15.2 Å². The van der Waals surface area contributed by atoms with Crippen LogP contribution in [0.4, 0.5) is 0 Å². The standard InChI is InChI=1S/C16H17NO2S/c1-13-16(17(13)12-14-8-4-2-5-9-14)20(18,19)15-10-6-3-7-11-15/h2-11,13,16H,12H2,1H3. The van der Waals surface area contributed by atoms with E-state index in [4.69, 9.17) is 0 Å². The van der Waals surface area contributed by atoms with Crippen LogP contribution >= 0.6 is 0 Å². The van der Waals surface area contributed by atoms with Gasteiger partial charge in [-0.2, -0.15) is 0 Å². The van der Waals surface area contributed by atoms with Crippen molar-refractivity contribution in [2.45, 2.75) is 29.8 Å². The fraction of sp³-hybridized carbons (Fsp3) is 0.250. The van der Waals surface area contributed by atoms with Crippen LogP contribution in [-0.2, 0) is 16.4 Å². The number of nitrogens with zero attached hydrogens (tertiary/aromatic N) is 1. The molecule has 0 bridgehead atoms. The molecular weight excluding hydrogens is 270 g/mol. The predicted molar refractivity (Wildman–Crippen MR) is 78.9 cm³/mol. The van der Waals surface area contributed by atoms with Gasteiger partial charge in [-0.1, -0.05) is 48.5 Å². The highest BCUT2D eigenvalue weighted by Gasteiger charge is 2.53. The highest BCUT2D eigenvalue weighted by Crippen LogP contribution is 2.37. The normalized spacial score (nSPS) is 25.4. The number of benzene rings is 2. The van der Waals surface area contributed by atoms with Crippen LogP contribution < -0.4 is 0 Å². The molecule has 0 saturated carbocycles. The molecule has 0 aromatic heterocycles. The molecule has 2 aromatic rings. The Kier molecular flexibility index (Phi) is 3.36. The van der Waals surface area contributed by atoms with Crippen molar-refractivity contribution in [1.29, 1.82) is 0 Å². The zero-order chi connectivity index (χ0) is 14.2. The molecule has 3 nitrogen and oxygen atoms in total. The van der Waals surface area contributed by atoms with Gasteiger partial charge < -0.3 is 0 Å². The third-order valence-corrected chi connectivity index (χ3v) is 6.00. The second-order valence-corrected chi connectivity index (χ2v) is 7.19. The topological polar surface area (TPSA) is 37.1 Å². The minimum Gasteiger partial charge on any atom is -0.276 e. The average Bonchev–Trinajstić information content (AvgIpc) is 3.11. The quantitative estimate of drug-likeness (QED) is 0.811. The van der Waals surface area contributed by atoms with E-state index in [2.05, 4.69) is 0 Å². The summed E-state index contributed by atoms with van der Waals surface area (Å²) in [6.07, 6.45) is 0. The first-order chi connectivity index (χ1) is 9.60. The molecule has 4 heteroatoms. The van der Waals surface area contributed by atoms with Crippen LogP contribution in [0.5, 0.6) is 0 Å². The monoisotopic (exact) mass is 287 g/mol. The van der Waals surface area contributed by atoms with E-state index in [1.165, 1.54) is 0 Å². The molecule has 1 aliphatic rings. The summed E-state index contributed by atoms with van der Waals surface area (Å²) in [6.45, 7) is 2.65. The molecule has 104 valence electrons. The van der Waals surface area contributed by atoms with E-state index in [0.717, 1.165) is 5.56 Å². The molecule has 0 radical (unpaired) electrons. The summed E-state index contributed by atoms with van der Waals surface area (Å²) in [5, 5.41) is -0.398. The fourth-order valence-corrected chi connectivity index (χ4v) is 4.64. The first-order valence-corrected chi connectivity index (χ1v) is 8.24. The van der Waals surface area contributed by atoms with Crippen molar-refractivity contribution >= 4 is 9.84 Å². The van der Waals surface area contributed by atoms with Crippen molar-refractivity contribution in [1.82, 2.24) is 4.90 Å². The Morgan fingerprint density at radius 1 is 0.950 bits per heavy atom. The maximum atomic E-state index is 12.6. The van der Waals surface area contributed by atoms with E-state index in [1.807, 2.05) is 48.2 Å². The molecule has 1 fully saturated rings. The van der Waals surface area contributed by atoms with Gasteiger partial charge in [0.05, 0.1) is 4.90 Å². The first kappa shape index (κ1) is 13.3. The van der Waals surface area contributed by atoms with Crippen LogP contribution in [0.25, 0.3) is 0 Å². The fourth-order valence-electron chi connectivity index (χ4n) is 2.59. The molecule has 1 heterocycles. The van der Waals surface area contributed by atoms with Crippen molar-refractivity contribution in [2.75, 3.05) is 0 Å². The Balaban J connectivity index is 1.80. The lowest BCUT2D eigenvalue weighted by Crippen LogP contribution is -2.14. The lowest BCUT2D eigenvalue weighted by molar-refractivity contribution is 0.496. The predicted octanol–water partition coefficient (Wildman–Crippen LogP) is 2.69. The van der Waals surface area contributed by atoms with Crippen LogP contribution in [0.2, 0.25) is 0 Å². The summed E-state index contributed by atoms with van der Waals surface area (Å²) in [5.41, 5.74) is 1.14. The zero-order valence-electron chi connectivity index (χ0n) is 11.3. The van der Waals surface area contributed by atoms with Crippen LogP contribution in [0, 0.1) is 0 Å². The van der Waals surface area contributed by atoms with Crippen LogP contribution in [0.3, 0.4) is 0 Å². The summed E-state index contributed by atoms with van der Waals surface area (Å²) in [5.74, 6) is 0. The molecule has 20 heavy (non-hydrogen) atoms. The van der Waals surface area contributed by atoms with Gasteiger partial charge in [0.15, 0.2) is 9.84 Å². The van der Waals surface area contributed by atoms with Gasteiger partial charge in [-0.25, -0.2) is 8.42 Å². The highest BCUT2D eigenvalue weighted by atomic mass is 32.2. The summed E-state index contributed by atoms with van der Waals surface area (Å²) < 4.78 is 25.1. The van der Waals surface area contributed by atoms with E-state index >= 15 is 0 Å². The summed E-state index contributed by atoms with van der Waals surface area (Å²) in [7, 11) is -3.26. The van der Waals surface area contributed by atoms with Crippen molar-refractivity contribution in [3.8, 4) is 0 Å². The third-order valence-electron chi connectivity index (χ3n) is 3.77. The summed E-state index contributed by atoms with van der Waals surface area (Å²) in [4.78, 5) is 2.42. The molecule has 0 aliphatic carbocycles. The van der Waals surface area contributed by atoms with Gasteiger partial charge in [0.25, 0.3) is 0 Å². The van der Waals surface area contributed by atoms with Gasteiger partial charge in [-0.3, -0.25) is 4.90 Å². The van der Waals surface area contributed by atoms with E-state index in [-0.39, 0.29) is 6.04 Å². The van der Waals surface area contributed by atoms with Gasteiger partial charge in [0, 0.05) is 12.6 Å². The minimum atomic E-state index is -3.26. The molecule has 3 atom stereocenters. The minimum absolute atomic E-state index is 0.0698. The Labute approximate surface area is 119 Å². The molecule has 0 spiro atoms. The Morgan fingerprint density at radius 2 is 1.50 bits per heavy atom. The van der Waals surface area contributed by atoms with Crippen molar-refractivity contribution in [3.05, 3.63) is 66.2 Å². The van der Waals surface area contributed by atoms with Gasteiger partial charge in [-0.05, 0) is 24.6 Å². The molecule has 2 aromatic carbocycles.